The van der Waals surface area contributed by atoms with Crippen LogP contribution in [0.1, 0.15) is 42.7 Å². The average molecular weight is 614 g/mol. The Morgan fingerprint density at radius 1 is 1.04 bits per heavy atom. The Morgan fingerprint density at radius 2 is 1.84 bits per heavy atom. The number of carbonyl (C=O) groups excluding carboxylic acids is 1. The molecule has 1 aliphatic heterocycles. The Morgan fingerprint density at radius 3 is 2.60 bits per heavy atom. The van der Waals surface area contributed by atoms with Crippen molar-refractivity contribution >= 4 is 22.8 Å². The lowest BCUT2D eigenvalue weighted by atomic mass is 9.79. The maximum absolute atomic E-state index is 15.2. The summed E-state index contributed by atoms with van der Waals surface area (Å²) in [5, 5.41) is 12.9. The van der Waals surface area contributed by atoms with Gasteiger partial charge < -0.3 is 29.4 Å². The SMILES string of the molecule is COCCCn1cc(CN(C(=O)[C@H]2CNCC[C@@H]2c2cccc(-c3ccc(OCC(=O)O)cc3)c2)C2CC2)c2c(F)cccc21. The van der Waals surface area contributed by atoms with Crippen molar-refractivity contribution in [1.82, 2.24) is 14.8 Å². The molecule has 1 aromatic heterocycles. The highest BCUT2D eigenvalue weighted by Gasteiger charge is 2.40. The van der Waals surface area contributed by atoms with Gasteiger partial charge in [0.05, 0.1) is 11.4 Å². The minimum absolute atomic E-state index is 0.0465. The van der Waals surface area contributed by atoms with E-state index in [1.807, 2.05) is 41.4 Å². The lowest BCUT2D eigenvalue weighted by Crippen LogP contribution is -2.47. The Labute approximate surface area is 262 Å². The van der Waals surface area contributed by atoms with Crippen molar-refractivity contribution in [3.05, 3.63) is 89.9 Å². The zero-order valence-corrected chi connectivity index (χ0v) is 25.6. The molecule has 0 unspecified atom stereocenters. The van der Waals surface area contributed by atoms with Gasteiger partial charge in [-0.3, -0.25) is 4.79 Å². The van der Waals surface area contributed by atoms with E-state index in [0.717, 1.165) is 60.0 Å². The maximum atomic E-state index is 15.2. The molecule has 0 bridgehead atoms. The molecule has 9 heteroatoms. The first-order valence-corrected chi connectivity index (χ1v) is 15.7. The van der Waals surface area contributed by atoms with Crippen LogP contribution in [0.5, 0.6) is 5.75 Å². The number of piperidine rings is 1. The van der Waals surface area contributed by atoms with Crippen molar-refractivity contribution in [1.29, 1.82) is 0 Å². The Hall–Kier alpha value is -4.21. The van der Waals surface area contributed by atoms with E-state index < -0.39 is 5.97 Å². The lowest BCUT2D eigenvalue weighted by molar-refractivity contribution is -0.139. The van der Waals surface area contributed by atoms with Crippen LogP contribution in [0.25, 0.3) is 22.0 Å². The van der Waals surface area contributed by atoms with E-state index in [9.17, 15) is 9.59 Å². The number of ether oxygens (including phenoxy) is 2. The third-order valence-electron chi connectivity index (χ3n) is 8.96. The summed E-state index contributed by atoms with van der Waals surface area (Å²) in [4.78, 5) is 27.3. The van der Waals surface area contributed by atoms with E-state index in [2.05, 4.69) is 22.0 Å². The van der Waals surface area contributed by atoms with Crippen LogP contribution in [0.3, 0.4) is 0 Å². The van der Waals surface area contributed by atoms with E-state index in [4.69, 9.17) is 14.6 Å². The highest BCUT2D eigenvalue weighted by Crippen LogP contribution is 2.38. The molecule has 45 heavy (non-hydrogen) atoms. The number of nitrogens with one attached hydrogen (secondary N) is 1. The summed E-state index contributed by atoms with van der Waals surface area (Å²) in [5.74, 6) is -0.843. The Bertz CT molecular complexity index is 1650. The van der Waals surface area contributed by atoms with Gasteiger partial charge in [0.2, 0.25) is 5.91 Å². The minimum Gasteiger partial charge on any atom is -0.482 e. The van der Waals surface area contributed by atoms with Gasteiger partial charge in [0.15, 0.2) is 6.61 Å². The molecule has 8 nitrogen and oxygen atoms in total. The third kappa shape index (κ3) is 7.05. The summed E-state index contributed by atoms with van der Waals surface area (Å²) >= 11 is 0. The highest BCUT2D eigenvalue weighted by atomic mass is 19.1. The maximum Gasteiger partial charge on any atom is 0.341 e. The van der Waals surface area contributed by atoms with Crippen molar-refractivity contribution < 1.29 is 28.6 Å². The number of carboxylic acid groups (broad SMARTS) is 1. The summed E-state index contributed by atoms with van der Waals surface area (Å²) in [6, 6.07) is 21.1. The molecule has 0 radical (unpaired) electrons. The summed E-state index contributed by atoms with van der Waals surface area (Å²) in [5.41, 5.74) is 4.83. The van der Waals surface area contributed by atoms with Crippen LogP contribution in [-0.4, -0.2) is 65.9 Å². The number of fused-ring (bicyclic) bond motifs is 1. The number of benzene rings is 3. The zero-order valence-electron chi connectivity index (χ0n) is 25.6. The van der Waals surface area contributed by atoms with E-state index >= 15 is 4.39 Å². The van der Waals surface area contributed by atoms with Crippen LogP contribution in [0.4, 0.5) is 4.39 Å². The second-order valence-corrected chi connectivity index (χ2v) is 12.1. The van der Waals surface area contributed by atoms with Crippen LogP contribution in [0, 0.1) is 11.7 Å². The Kier molecular flexibility index (Phi) is 9.47. The number of carbonyl (C=O) groups is 2. The summed E-state index contributed by atoms with van der Waals surface area (Å²) < 4.78 is 27.9. The average Bonchev–Trinajstić information content (AvgIpc) is 3.84. The fraction of sp³-hybridized carbons (Fsp3) is 0.389. The number of aliphatic carboxylic acids is 1. The van der Waals surface area contributed by atoms with Gasteiger partial charge in [-0.2, -0.15) is 0 Å². The molecule has 4 aromatic rings. The second-order valence-electron chi connectivity index (χ2n) is 12.1. The normalized spacial score (nSPS) is 18.2. The van der Waals surface area contributed by atoms with Gasteiger partial charge in [0, 0.05) is 51.0 Å². The molecule has 2 fully saturated rings. The largest absolute Gasteiger partial charge is 0.482 e. The van der Waals surface area contributed by atoms with Crippen molar-refractivity contribution in [2.45, 2.75) is 50.7 Å². The molecule has 3 aromatic carbocycles. The van der Waals surface area contributed by atoms with E-state index in [1.165, 1.54) is 6.07 Å². The number of aromatic nitrogens is 1. The number of rotatable bonds is 13. The zero-order chi connectivity index (χ0) is 31.3. The topological polar surface area (TPSA) is 93.0 Å². The summed E-state index contributed by atoms with van der Waals surface area (Å²) in [6.45, 7) is 2.77. The number of methoxy groups -OCH3 is 1. The molecule has 1 saturated carbocycles. The smallest absolute Gasteiger partial charge is 0.341 e. The minimum atomic E-state index is -1.02. The molecule has 236 valence electrons. The number of amides is 1. The molecule has 2 heterocycles. The van der Waals surface area contributed by atoms with Crippen LogP contribution in [0.15, 0.2) is 72.9 Å². The summed E-state index contributed by atoms with van der Waals surface area (Å²) in [7, 11) is 1.68. The quantitative estimate of drug-likeness (QED) is 0.184. The Balaban J connectivity index is 1.24. The van der Waals surface area contributed by atoms with Gasteiger partial charge in [-0.1, -0.05) is 42.5 Å². The number of halogens is 1. The van der Waals surface area contributed by atoms with Crippen LogP contribution < -0.4 is 10.1 Å². The fourth-order valence-electron chi connectivity index (χ4n) is 6.60. The van der Waals surface area contributed by atoms with Crippen molar-refractivity contribution in [2.75, 3.05) is 33.4 Å². The van der Waals surface area contributed by atoms with Gasteiger partial charge in [-0.15, -0.1) is 0 Å². The number of hydrogen-bond acceptors (Lipinski definition) is 5. The molecule has 0 spiro atoms. The standard InChI is InChI=1S/C36H40FN3O5/c1-44-18-4-17-39-21-27(35-32(37)7-3-8-33(35)39)22-40(28-11-12-28)36(43)31-20-38-16-15-30(31)26-6-2-5-25(19-26)24-9-13-29(14-10-24)45-23-34(41)42/h2-3,5-10,13-14,19,21,28,30-31,38H,4,11-12,15-18,20,22-23H2,1H3,(H,41,42)/t30-,31+/m1/s1. The van der Waals surface area contributed by atoms with Crippen molar-refractivity contribution in [2.24, 2.45) is 5.92 Å². The van der Waals surface area contributed by atoms with Gasteiger partial charge in [0.1, 0.15) is 11.6 Å². The van der Waals surface area contributed by atoms with Crippen molar-refractivity contribution in [3.8, 4) is 16.9 Å². The number of hydrogen-bond donors (Lipinski definition) is 2. The van der Waals surface area contributed by atoms with Gasteiger partial charge in [0.25, 0.3) is 0 Å². The van der Waals surface area contributed by atoms with Crippen LogP contribution in [0.2, 0.25) is 0 Å². The van der Waals surface area contributed by atoms with Gasteiger partial charge in [-0.25, -0.2) is 9.18 Å². The molecule has 2 atom stereocenters. The van der Waals surface area contributed by atoms with Crippen LogP contribution in [-0.2, 0) is 27.4 Å². The number of aryl methyl sites for hydroxylation is 1. The molecule has 1 saturated heterocycles. The number of carboxylic acids is 1. The first-order valence-electron chi connectivity index (χ1n) is 15.7. The first-order chi connectivity index (χ1) is 21.9. The molecule has 6 rings (SSSR count). The second kappa shape index (κ2) is 13.8. The predicted molar refractivity (Wildman–Crippen MR) is 171 cm³/mol. The molecule has 1 amide bonds. The fourth-order valence-corrected chi connectivity index (χ4v) is 6.60. The van der Waals surface area contributed by atoms with Gasteiger partial charge in [-0.05, 0) is 84.7 Å². The first kappa shape index (κ1) is 30.8. The molecule has 1 aliphatic carbocycles. The molecule has 2 N–H and O–H groups in total. The summed E-state index contributed by atoms with van der Waals surface area (Å²) in [6.07, 6.45) is 5.61. The molecular weight excluding hydrogens is 573 g/mol. The van der Waals surface area contributed by atoms with Crippen molar-refractivity contribution in [3.63, 3.8) is 0 Å². The monoisotopic (exact) mass is 613 g/mol. The highest BCUT2D eigenvalue weighted by molar-refractivity contribution is 5.86. The van der Waals surface area contributed by atoms with E-state index in [0.29, 0.717) is 37.4 Å². The molecular formula is C36H40FN3O5. The third-order valence-corrected chi connectivity index (χ3v) is 8.96. The number of nitrogens with zero attached hydrogens (tertiary/aromatic N) is 2. The van der Waals surface area contributed by atoms with Gasteiger partial charge >= 0.3 is 5.97 Å². The molecule has 2 aliphatic rings. The van der Waals surface area contributed by atoms with E-state index in [-0.39, 0.29) is 36.2 Å². The van der Waals surface area contributed by atoms with E-state index in [1.54, 1.807) is 25.3 Å². The lowest BCUT2D eigenvalue weighted by Gasteiger charge is -2.36. The van der Waals surface area contributed by atoms with Crippen LogP contribution >= 0.6 is 0 Å². The predicted octanol–water partition coefficient (Wildman–Crippen LogP) is 5.83.